The molecule has 0 bridgehead atoms. The first-order chi connectivity index (χ1) is 11.0. The molecule has 1 heterocycles. The number of halogens is 2. The van der Waals surface area contributed by atoms with E-state index in [0.717, 1.165) is 15.6 Å². The molecule has 1 aliphatic heterocycles. The highest BCUT2D eigenvalue weighted by atomic mass is 79.9. The molecule has 1 fully saturated rings. The molecule has 118 valence electrons. The van der Waals surface area contributed by atoms with Crippen molar-refractivity contribution in [3.63, 3.8) is 0 Å². The second kappa shape index (κ2) is 6.46. The fourth-order valence-corrected chi connectivity index (χ4v) is 3.37. The summed E-state index contributed by atoms with van der Waals surface area (Å²) < 4.78 is 0.994. The minimum Gasteiger partial charge on any atom is -0.274 e. The van der Waals surface area contributed by atoms with Crippen LogP contribution in [0.4, 0.5) is 5.69 Å². The maximum Gasteiger partial charge on any atom is 0.237 e. The SMILES string of the molecule is Cc1cc(Cl)ccc1N1C(=O)C[C@H](Cc2ccc(Br)cc2)C1=O. The smallest absolute Gasteiger partial charge is 0.237 e. The lowest BCUT2D eigenvalue weighted by Gasteiger charge is -2.17. The maximum atomic E-state index is 12.7. The van der Waals surface area contributed by atoms with Gasteiger partial charge in [0.1, 0.15) is 0 Å². The van der Waals surface area contributed by atoms with E-state index < -0.39 is 0 Å². The monoisotopic (exact) mass is 391 g/mol. The van der Waals surface area contributed by atoms with Crippen molar-refractivity contribution in [2.24, 2.45) is 5.92 Å². The highest BCUT2D eigenvalue weighted by Gasteiger charge is 2.39. The van der Waals surface area contributed by atoms with Crippen molar-refractivity contribution in [1.82, 2.24) is 0 Å². The van der Waals surface area contributed by atoms with Gasteiger partial charge >= 0.3 is 0 Å². The molecule has 0 radical (unpaired) electrons. The van der Waals surface area contributed by atoms with Crippen LogP contribution in [0.25, 0.3) is 0 Å². The van der Waals surface area contributed by atoms with Crippen LogP contribution in [0, 0.1) is 12.8 Å². The molecular formula is C18H15BrClNO2. The van der Waals surface area contributed by atoms with E-state index >= 15 is 0 Å². The van der Waals surface area contributed by atoms with Crippen LogP contribution in [0.1, 0.15) is 17.5 Å². The van der Waals surface area contributed by atoms with Crippen molar-refractivity contribution in [3.05, 3.63) is 63.1 Å². The fraction of sp³-hybridized carbons (Fsp3) is 0.222. The molecule has 1 saturated heterocycles. The Morgan fingerprint density at radius 3 is 2.52 bits per heavy atom. The summed E-state index contributed by atoms with van der Waals surface area (Å²) in [4.78, 5) is 26.3. The zero-order valence-electron chi connectivity index (χ0n) is 12.6. The molecule has 3 nitrogen and oxygen atoms in total. The molecule has 23 heavy (non-hydrogen) atoms. The Morgan fingerprint density at radius 2 is 1.87 bits per heavy atom. The molecule has 1 atom stereocenters. The molecule has 2 amide bonds. The van der Waals surface area contributed by atoms with Crippen LogP contribution in [0.5, 0.6) is 0 Å². The summed E-state index contributed by atoms with van der Waals surface area (Å²) in [6.45, 7) is 1.85. The van der Waals surface area contributed by atoms with E-state index in [2.05, 4.69) is 15.9 Å². The van der Waals surface area contributed by atoms with Gasteiger partial charge in [-0.2, -0.15) is 0 Å². The van der Waals surface area contributed by atoms with Gasteiger partial charge in [0.15, 0.2) is 0 Å². The molecule has 0 aliphatic carbocycles. The summed E-state index contributed by atoms with van der Waals surface area (Å²) in [5, 5.41) is 0.594. The number of aryl methyl sites for hydroxylation is 1. The van der Waals surface area contributed by atoms with Crippen molar-refractivity contribution in [2.45, 2.75) is 19.8 Å². The maximum absolute atomic E-state index is 12.7. The quantitative estimate of drug-likeness (QED) is 0.720. The van der Waals surface area contributed by atoms with Gasteiger partial charge in [0, 0.05) is 15.9 Å². The summed E-state index contributed by atoms with van der Waals surface area (Å²) in [5.41, 5.74) is 2.50. The molecule has 2 aromatic rings. The summed E-state index contributed by atoms with van der Waals surface area (Å²) in [5.74, 6) is -0.593. The average Bonchev–Trinajstić information content (AvgIpc) is 2.77. The predicted molar refractivity (Wildman–Crippen MR) is 94.6 cm³/mol. The number of carbonyl (C=O) groups excluding carboxylic acids is 2. The number of hydrogen-bond donors (Lipinski definition) is 0. The number of nitrogens with zero attached hydrogens (tertiary/aromatic N) is 1. The standard InChI is InChI=1S/C18H15BrClNO2/c1-11-8-15(20)6-7-16(11)21-17(22)10-13(18(21)23)9-12-2-4-14(19)5-3-12/h2-8,13H,9-10H2,1H3/t13-/m0/s1. The number of imide groups is 1. The van der Waals surface area contributed by atoms with E-state index in [1.165, 1.54) is 4.90 Å². The van der Waals surface area contributed by atoms with Crippen LogP contribution in [0.3, 0.4) is 0 Å². The van der Waals surface area contributed by atoms with Gasteiger partial charge in [-0.25, -0.2) is 0 Å². The van der Waals surface area contributed by atoms with Gasteiger partial charge in [0.25, 0.3) is 0 Å². The largest absolute Gasteiger partial charge is 0.274 e. The Balaban J connectivity index is 1.83. The molecule has 1 aliphatic rings. The Morgan fingerprint density at radius 1 is 1.17 bits per heavy atom. The van der Waals surface area contributed by atoms with Crippen LogP contribution >= 0.6 is 27.5 Å². The minimum absolute atomic E-state index is 0.136. The van der Waals surface area contributed by atoms with Crippen molar-refractivity contribution in [2.75, 3.05) is 4.90 Å². The molecule has 0 aromatic heterocycles. The first-order valence-corrected chi connectivity index (χ1v) is 8.50. The summed E-state index contributed by atoms with van der Waals surface area (Å²) in [6, 6.07) is 13.0. The van der Waals surface area contributed by atoms with E-state index in [9.17, 15) is 9.59 Å². The van der Waals surface area contributed by atoms with Gasteiger partial charge in [-0.05, 0) is 54.8 Å². The van der Waals surface area contributed by atoms with Crippen molar-refractivity contribution in [1.29, 1.82) is 0 Å². The fourth-order valence-electron chi connectivity index (χ4n) is 2.88. The molecule has 5 heteroatoms. The van der Waals surface area contributed by atoms with Crippen LogP contribution in [0.2, 0.25) is 5.02 Å². The Kier molecular flexibility index (Phi) is 4.55. The van der Waals surface area contributed by atoms with E-state index in [0.29, 0.717) is 17.1 Å². The van der Waals surface area contributed by atoms with E-state index in [1.54, 1.807) is 18.2 Å². The van der Waals surface area contributed by atoms with E-state index in [1.807, 2.05) is 31.2 Å². The summed E-state index contributed by atoms with van der Waals surface area (Å²) in [6.07, 6.45) is 0.817. The Bertz CT molecular complexity index is 773. The molecule has 0 unspecified atom stereocenters. The first kappa shape index (κ1) is 16.2. The molecule has 0 N–H and O–H groups in total. The zero-order chi connectivity index (χ0) is 16.6. The van der Waals surface area contributed by atoms with Crippen molar-refractivity contribution >= 4 is 45.0 Å². The molecule has 2 aromatic carbocycles. The normalized spacial score (nSPS) is 17.9. The number of anilines is 1. The number of benzene rings is 2. The molecule has 0 saturated carbocycles. The lowest BCUT2D eigenvalue weighted by molar-refractivity contribution is -0.122. The summed E-state index contributed by atoms with van der Waals surface area (Å²) >= 11 is 9.35. The average molecular weight is 393 g/mol. The second-order valence-corrected chi connectivity index (χ2v) is 7.08. The Hall–Kier alpha value is -1.65. The third kappa shape index (κ3) is 3.33. The van der Waals surface area contributed by atoms with Gasteiger partial charge in [-0.3, -0.25) is 14.5 Å². The second-order valence-electron chi connectivity index (χ2n) is 5.73. The van der Waals surface area contributed by atoms with Gasteiger partial charge in [-0.15, -0.1) is 0 Å². The van der Waals surface area contributed by atoms with Crippen LogP contribution in [0.15, 0.2) is 46.9 Å². The lowest BCUT2D eigenvalue weighted by atomic mass is 9.98. The van der Waals surface area contributed by atoms with Crippen molar-refractivity contribution in [3.8, 4) is 0 Å². The third-order valence-corrected chi connectivity index (χ3v) is 4.80. The lowest BCUT2D eigenvalue weighted by Crippen LogP contribution is -2.31. The van der Waals surface area contributed by atoms with E-state index in [-0.39, 0.29) is 24.2 Å². The summed E-state index contributed by atoms with van der Waals surface area (Å²) in [7, 11) is 0. The van der Waals surface area contributed by atoms with Gasteiger partial charge in [0.2, 0.25) is 11.8 Å². The topological polar surface area (TPSA) is 37.4 Å². The van der Waals surface area contributed by atoms with Gasteiger partial charge in [-0.1, -0.05) is 39.7 Å². The van der Waals surface area contributed by atoms with Crippen LogP contribution in [-0.2, 0) is 16.0 Å². The number of hydrogen-bond acceptors (Lipinski definition) is 2. The van der Waals surface area contributed by atoms with Gasteiger partial charge < -0.3 is 0 Å². The third-order valence-electron chi connectivity index (χ3n) is 4.04. The number of rotatable bonds is 3. The predicted octanol–water partition coefficient (Wildman–Crippen LogP) is 4.53. The first-order valence-electron chi connectivity index (χ1n) is 7.33. The van der Waals surface area contributed by atoms with E-state index in [4.69, 9.17) is 11.6 Å². The Labute approximate surface area is 148 Å². The number of amides is 2. The van der Waals surface area contributed by atoms with Crippen molar-refractivity contribution < 1.29 is 9.59 Å². The highest BCUT2D eigenvalue weighted by molar-refractivity contribution is 9.10. The highest BCUT2D eigenvalue weighted by Crippen LogP contribution is 2.32. The van der Waals surface area contributed by atoms with Crippen LogP contribution < -0.4 is 4.90 Å². The molecule has 3 rings (SSSR count). The minimum atomic E-state index is -0.307. The number of carbonyl (C=O) groups is 2. The van der Waals surface area contributed by atoms with Crippen LogP contribution in [-0.4, -0.2) is 11.8 Å². The molecule has 0 spiro atoms. The van der Waals surface area contributed by atoms with Gasteiger partial charge in [0.05, 0.1) is 11.6 Å². The zero-order valence-corrected chi connectivity index (χ0v) is 14.9. The molecular weight excluding hydrogens is 378 g/mol.